The highest BCUT2D eigenvalue weighted by atomic mass is 32.2. The summed E-state index contributed by atoms with van der Waals surface area (Å²) >= 11 is 0. The number of hydrogen-bond acceptors (Lipinski definition) is 5. The van der Waals surface area contributed by atoms with Crippen LogP contribution in [0.3, 0.4) is 0 Å². The Balaban J connectivity index is 2.05. The Morgan fingerprint density at radius 2 is 2.42 bits per heavy atom. The first-order chi connectivity index (χ1) is 8.87. The smallest absolute Gasteiger partial charge is 0.257 e. The topological polar surface area (TPSA) is 104 Å². The number of aromatic nitrogens is 2. The van der Waals surface area contributed by atoms with Crippen molar-refractivity contribution in [1.29, 1.82) is 0 Å². The van der Waals surface area contributed by atoms with Crippen LogP contribution in [0.15, 0.2) is 11.2 Å². The van der Waals surface area contributed by atoms with Crippen LogP contribution in [0.2, 0.25) is 0 Å². The third kappa shape index (κ3) is 2.97. The van der Waals surface area contributed by atoms with Gasteiger partial charge in [-0.3, -0.25) is 0 Å². The lowest BCUT2D eigenvalue weighted by Gasteiger charge is -2.25. The zero-order valence-corrected chi connectivity index (χ0v) is 11.8. The number of aromatic amines is 1. The van der Waals surface area contributed by atoms with Gasteiger partial charge in [-0.2, -0.15) is 0 Å². The number of H-pyrrole nitrogens is 1. The molecule has 0 bridgehead atoms. The summed E-state index contributed by atoms with van der Waals surface area (Å²) in [5, 5.41) is 10.3. The summed E-state index contributed by atoms with van der Waals surface area (Å²) < 4.78 is 31.7. The molecule has 1 aliphatic heterocycles. The van der Waals surface area contributed by atoms with Crippen molar-refractivity contribution in [3.63, 3.8) is 0 Å². The molecule has 0 aromatic carbocycles. The zero-order chi connectivity index (χ0) is 14.1. The fraction of sp³-hybridized carbons (Fsp3) is 0.727. The maximum atomic E-state index is 12.0. The number of sulfonamides is 1. The Morgan fingerprint density at radius 1 is 1.68 bits per heavy atom. The highest BCUT2D eigenvalue weighted by Gasteiger charge is 2.40. The number of ether oxygens (including phenoxy) is 1. The van der Waals surface area contributed by atoms with Crippen LogP contribution in [-0.4, -0.2) is 48.3 Å². The van der Waals surface area contributed by atoms with Gasteiger partial charge in [0, 0.05) is 26.0 Å². The van der Waals surface area contributed by atoms with Gasteiger partial charge in [-0.1, -0.05) is 6.92 Å². The standard InChI is InChI=1S/C11H19N3O4S/c1-3-9-12-6-10(14-9)19(16,17)13-7-11(15)4-5-18-8(11)2/h6,8,13,15H,3-5,7H2,1-2H3,(H,12,14). The quantitative estimate of drug-likeness (QED) is 0.696. The van der Waals surface area contributed by atoms with Crippen LogP contribution in [-0.2, 0) is 21.2 Å². The highest BCUT2D eigenvalue weighted by Crippen LogP contribution is 2.25. The molecule has 2 unspecified atom stereocenters. The predicted octanol–water partition coefficient (Wildman–Crippen LogP) is -0.210. The van der Waals surface area contributed by atoms with Crippen LogP contribution in [0.1, 0.15) is 26.1 Å². The minimum atomic E-state index is -3.68. The first-order valence-corrected chi connectivity index (χ1v) is 7.73. The van der Waals surface area contributed by atoms with Gasteiger partial charge in [-0.05, 0) is 6.92 Å². The number of imidazole rings is 1. The molecular formula is C11H19N3O4S. The second-order valence-corrected chi connectivity index (χ2v) is 6.47. The van der Waals surface area contributed by atoms with Gasteiger partial charge < -0.3 is 14.8 Å². The molecular weight excluding hydrogens is 270 g/mol. The number of nitrogens with zero attached hydrogens (tertiary/aromatic N) is 1. The maximum absolute atomic E-state index is 12.0. The summed E-state index contributed by atoms with van der Waals surface area (Å²) in [5.41, 5.74) is -1.15. The van der Waals surface area contributed by atoms with Crippen molar-refractivity contribution >= 4 is 10.0 Å². The van der Waals surface area contributed by atoms with E-state index in [4.69, 9.17) is 4.74 Å². The summed E-state index contributed by atoms with van der Waals surface area (Å²) in [5.74, 6) is 0.608. The van der Waals surface area contributed by atoms with E-state index >= 15 is 0 Å². The van der Waals surface area contributed by atoms with E-state index in [-0.39, 0.29) is 17.7 Å². The van der Waals surface area contributed by atoms with E-state index in [9.17, 15) is 13.5 Å². The van der Waals surface area contributed by atoms with Crippen molar-refractivity contribution in [2.45, 2.75) is 43.4 Å². The lowest BCUT2D eigenvalue weighted by atomic mass is 9.97. The van der Waals surface area contributed by atoms with Crippen LogP contribution in [0.4, 0.5) is 0 Å². The van der Waals surface area contributed by atoms with E-state index < -0.39 is 15.6 Å². The van der Waals surface area contributed by atoms with Gasteiger partial charge in [0.15, 0.2) is 5.03 Å². The van der Waals surface area contributed by atoms with Crippen molar-refractivity contribution in [3.8, 4) is 0 Å². The average molecular weight is 289 g/mol. The summed E-state index contributed by atoms with van der Waals surface area (Å²) in [6.07, 6.45) is 1.94. The monoisotopic (exact) mass is 289 g/mol. The molecule has 1 fully saturated rings. The molecule has 0 amide bonds. The van der Waals surface area contributed by atoms with Gasteiger partial charge in [0.2, 0.25) is 0 Å². The molecule has 8 heteroatoms. The van der Waals surface area contributed by atoms with E-state index in [0.29, 0.717) is 25.3 Å². The Morgan fingerprint density at radius 3 is 2.95 bits per heavy atom. The van der Waals surface area contributed by atoms with Gasteiger partial charge in [-0.25, -0.2) is 18.1 Å². The minimum absolute atomic E-state index is 0.0134. The molecule has 3 N–H and O–H groups in total. The molecule has 2 atom stereocenters. The molecule has 2 rings (SSSR count). The molecule has 0 radical (unpaired) electrons. The van der Waals surface area contributed by atoms with Crippen molar-refractivity contribution in [3.05, 3.63) is 12.0 Å². The SMILES string of the molecule is CCc1ncc(S(=O)(=O)NCC2(O)CCOC2C)[nH]1. The number of aryl methyl sites for hydroxylation is 1. The van der Waals surface area contributed by atoms with Gasteiger partial charge in [0.25, 0.3) is 10.0 Å². The van der Waals surface area contributed by atoms with Crippen molar-refractivity contribution < 1.29 is 18.3 Å². The molecule has 1 aromatic heterocycles. The Hall–Kier alpha value is -0.960. The Bertz CT molecular complexity index is 542. The van der Waals surface area contributed by atoms with Crippen molar-refractivity contribution in [1.82, 2.24) is 14.7 Å². The summed E-state index contributed by atoms with van der Waals surface area (Å²) in [6.45, 7) is 3.97. The van der Waals surface area contributed by atoms with Gasteiger partial charge in [0.05, 0.1) is 12.3 Å². The molecule has 1 aliphatic rings. The van der Waals surface area contributed by atoms with Crippen LogP contribution in [0.5, 0.6) is 0 Å². The normalized spacial score (nSPS) is 27.8. The van der Waals surface area contributed by atoms with Crippen LogP contribution in [0, 0.1) is 0 Å². The summed E-state index contributed by atoms with van der Waals surface area (Å²) in [7, 11) is -3.68. The van der Waals surface area contributed by atoms with Gasteiger partial charge in [-0.15, -0.1) is 0 Å². The summed E-state index contributed by atoms with van der Waals surface area (Å²) in [6, 6.07) is 0. The van der Waals surface area contributed by atoms with E-state index in [2.05, 4.69) is 14.7 Å². The van der Waals surface area contributed by atoms with Crippen LogP contribution >= 0.6 is 0 Å². The second kappa shape index (κ2) is 5.20. The highest BCUT2D eigenvalue weighted by molar-refractivity contribution is 7.89. The number of hydrogen-bond donors (Lipinski definition) is 3. The zero-order valence-electron chi connectivity index (χ0n) is 11.0. The molecule has 2 heterocycles. The third-order valence-electron chi connectivity index (χ3n) is 3.46. The number of aliphatic hydroxyl groups is 1. The molecule has 0 spiro atoms. The van der Waals surface area contributed by atoms with Gasteiger partial charge in [0.1, 0.15) is 11.4 Å². The second-order valence-electron chi connectivity index (χ2n) is 4.74. The van der Waals surface area contributed by atoms with Crippen LogP contribution < -0.4 is 4.72 Å². The molecule has 7 nitrogen and oxygen atoms in total. The molecule has 108 valence electrons. The van der Waals surface area contributed by atoms with Crippen molar-refractivity contribution in [2.24, 2.45) is 0 Å². The molecule has 19 heavy (non-hydrogen) atoms. The lowest BCUT2D eigenvalue weighted by molar-refractivity contribution is -0.0228. The molecule has 0 saturated carbocycles. The Labute approximate surface area is 112 Å². The number of nitrogens with one attached hydrogen (secondary N) is 2. The fourth-order valence-corrected chi connectivity index (χ4v) is 3.00. The van der Waals surface area contributed by atoms with E-state index in [1.54, 1.807) is 6.92 Å². The molecule has 0 aliphatic carbocycles. The minimum Gasteiger partial charge on any atom is -0.386 e. The average Bonchev–Trinajstić information content (AvgIpc) is 2.96. The first-order valence-electron chi connectivity index (χ1n) is 6.25. The molecule has 1 saturated heterocycles. The van der Waals surface area contributed by atoms with E-state index in [0.717, 1.165) is 0 Å². The fourth-order valence-electron chi connectivity index (χ4n) is 1.96. The third-order valence-corrected chi connectivity index (χ3v) is 4.77. The largest absolute Gasteiger partial charge is 0.386 e. The number of rotatable bonds is 5. The predicted molar refractivity (Wildman–Crippen MR) is 68.1 cm³/mol. The van der Waals surface area contributed by atoms with Gasteiger partial charge >= 0.3 is 0 Å². The van der Waals surface area contributed by atoms with Crippen molar-refractivity contribution in [2.75, 3.05) is 13.2 Å². The molecule has 1 aromatic rings. The lowest BCUT2D eigenvalue weighted by Crippen LogP contribution is -2.47. The van der Waals surface area contributed by atoms with Crippen LogP contribution in [0.25, 0.3) is 0 Å². The van der Waals surface area contributed by atoms with E-state index in [1.165, 1.54) is 6.20 Å². The first kappa shape index (κ1) is 14.4. The summed E-state index contributed by atoms with van der Waals surface area (Å²) in [4.78, 5) is 6.68. The Kier molecular flexibility index (Phi) is 3.95. The maximum Gasteiger partial charge on any atom is 0.257 e. The van der Waals surface area contributed by atoms with E-state index in [1.807, 2.05) is 6.92 Å².